The average molecular weight is 639 g/mol. The second-order valence-electron chi connectivity index (χ2n) is 11.1. The number of ether oxygens (including phenoxy) is 1. The molecule has 2 aliphatic rings. The van der Waals surface area contributed by atoms with E-state index in [1.165, 1.54) is 11.9 Å². The Balaban J connectivity index is 1.59. The van der Waals surface area contributed by atoms with Crippen LogP contribution in [0.3, 0.4) is 0 Å². The van der Waals surface area contributed by atoms with Crippen molar-refractivity contribution in [1.29, 1.82) is 5.26 Å². The van der Waals surface area contributed by atoms with Crippen LogP contribution in [0.5, 0.6) is 6.01 Å². The molecule has 2 aromatic heterocycles. The van der Waals surface area contributed by atoms with Crippen molar-refractivity contribution in [2.75, 3.05) is 50.6 Å². The number of nitriles is 1. The minimum atomic E-state index is -5.12. The maximum Gasteiger partial charge on any atom is 0.417 e. The Hall–Kier alpha value is -3.90. The largest absolute Gasteiger partial charge is 0.461 e. The number of hydrogen-bond acceptors (Lipinski definition) is 8. The maximum absolute atomic E-state index is 16.6. The van der Waals surface area contributed by atoms with Crippen molar-refractivity contribution >= 4 is 43.1 Å². The van der Waals surface area contributed by atoms with Crippen LogP contribution in [0.4, 0.5) is 41.6 Å². The lowest BCUT2D eigenvalue weighted by Gasteiger charge is -2.31. The highest BCUT2D eigenvalue weighted by atomic mass is 32.1. The molecular weight excluding hydrogens is 613 g/mol. The number of nitrogen functional groups attached to an aromatic ring is 1. The predicted octanol–water partition coefficient (Wildman–Crippen LogP) is 6.62. The molecule has 2 aliphatic heterocycles. The topological polar surface area (TPSA) is 91.3 Å². The Labute approximate surface area is 250 Å². The number of nitrogens with zero attached hydrogens (tertiary/aromatic N) is 5. The molecule has 7 nitrogen and oxygen atoms in total. The van der Waals surface area contributed by atoms with Gasteiger partial charge in [0.25, 0.3) is 0 Å². The number of hydrogen-bond donors (Lipinski definition) is 1. The lowest BCUT2D eigenvalue weighted by Crippen LogP contribution is -2.43. The van der Waals surface area contributed by atoms with Crippen molar-refractivity contribution in [3.63, 3.8) is 0 Å². The number of thiophene rings is 1. The molecule has 4 heterocycles. The summed E-state index contributed by atoms with van der Waals surface area (Å²) in [5.41, 5.74) is 1.60. The van der Waals surface area contributed by atoms with Gasteiger partial charge in [0.1, 0.15) is 47.7 Å². The van der Waals surface area contributed by atoms with Crippen LogP contribution in [-0.4, -0.2) is 66.5 Å². The summed E-state index contributed by atoms with van der Waals surface area (Å²) in [5, 5.41) is 8.92. The molecule has 0 amide bonds. The zero-order valence-corrected chi connectivity index (χ0v) is 24.1. The van der Waals surface area contributed by atoms with Crippen LogP contribution in [0.15, 0.2) is 18.2 Å². The van der Waals surface area contributed by atoms with Crippen molar-refractivity contribution in [1.82, 2.24) is 14.9 Å². The fourth-order valence-electron chi connectivity index (χ4n) is 6.42. The molecule has 44 heavy (non-hydrogen) atoms. The predicted molar refractivity (Wildman–Crippen MR) is 152 cm³/mol. The number of anilines is 2. The van der Waals surface area contributed by atoms with Gasteiger partial charge in [-0.1, -0.05) is 6.07 Å². The van der Waals surface area contributed by atoms with Gasteiger partial charge in [0.2, 0.25) is 0 Å². The van der Waals surface area contributed by atoms with Crippen molar-refractivity contribution in [3.8, 4) is 23.2 Å². The van der Waals surface area contributed by atoms with Crippen LogP contribution in [0.1, 0.15) is 30.4 Å². The third kappa shape index (κ3) is 4.84. The molecule has 2 atom stereocenters. The molecule has 6 rings (SSSR count). The summed E-state index contributed by atoms with van der Waals surface area (Å²) in [4.78, 5) is 11.6. The smallest absolute Gasteiger partial charge is 0.417 e. The first-order chi connectivity index (χ1) is 20.9. The Morgan fingerprint density at radius 2 is 2.05 bits per heavy atom. The Morgan fingerprint density at radius 1 is 1.27 bits per heavy atom. The number of benzene rings is 2. The van der Waals surface area contributed by atoms with Gasteiger partial charge in [-0.15, -0.1) is 11.3 Å². The Kier molecular flexibility index (Phi) is 7.48. The minimum Gasteiger partial charge on any atom is -0.461 e. The van der Waals surface area contributed by atoms with Gasteiger partial charge in [0.05, 0.1) is 21.4 Å². The standard InChI is InChI=1S/C29H25F7N6OS/c1-41(8-6-30)26-16-9-18(29(34,35)36)21(15-3-4-19(32)24-20(15)17(11-37)25(38)44-24)22(33)23(16)39-27(40-26)43-13-28-5-2-7-42(28)12-14(31)10-28/h3-4,9,14H,2,5-8,10,12-13,38H2,1H3/t14-,28+/m1/s1. The molecule has 0 aliphatic carbocycles. The summed E-state index contributed by atoms with van der Waals surface area (Å²) in [5.74, 6) is -2.48. The van der Waals surface area contributed by atoms with E-state index in [1.54, 1.807) is 6.07 Å². The number of aromatic nitrogens is 2. The molecule has 0 unspecified atom stereocenters. The van der Waals surface area contributed by atoms with E-state index in [9.17, 15) is 31.6 Å². The van der Waals surface area contributed by atoms with Crippen molar-refractivity contribution in [2.24, 2.45) is 0 Å². The van der Waals surface area contributed by atoms with E-state index in [0.29, 0.717) is 30.4 Å². The van der Waals surface area contributed by atoms with Gasteiger partial charge in [-0.3, -0.25) is 4.90 Å². The highest BCUT2D eigenvalue weighted by molar-refractivity contribution is 7.23. The summed E-state index contributed by atoms with van der Waals surface area (Å²) in [7, 11) is 1.38. The zero-order valence-electron chi connectivity index (χ0n) is 23.2. The first kappa shape index (κ1) is 30.1. The normalized spacial score (nSPS) is 20.4. The zero-order chi connectivity index (χ0) is 31.6. The van der Waals surface area contributed by atoms with E-state index in [0.717, 1.165) is 18.6 Å². The fourth-order valence-corrected chi connectivity index (χ4v) is 7.37. The van der Waals surface area contributed by atoms with Gasteiger partial charge in [0.15, 0.2) is 5.82 Å². The maximum atomic E-state index is 16.6. The van der Waals surface area contributed by atoms with Gasteiger partial charge in [0, 0.05) is 42.9 Å². The lowest BCUT2D eigenvalue weighted by atomic mass is 9.92. The first-order valence-electron chi connectivity index (χ1n) is 13.7. The minimum absolute atomic E-state index is 0.0431. The van der Waals surface area contributed by atoms with E-state index in [4.69, 9.17) is 10.5 Å². The van der Waals surface area contributed by atoms with Gasteiger partial charge in [-0.05, 0) is 37.1 Å². The number of fused-ring (bicyclic) bond motifs is 3. The van der Waals surface area contributed by atoms with Gasteiger partial charge in [-0.2, -0.15) is 28.4 Å². The molecule has 15 heteroatoms. The number of nitrogens with two attached hydrogens (primary N) is 1. The van der Waals surface area contributed by atoms with Crippen LogP contribution in [0.25, 0.3) is 32.1 Å². The van der Waals surface area contributed by atoms with Gasteiger partial charge >= 0.3 is 12.2 Å². The SMILES string of the molecule is CN(CCF)c1nc(OC[C@@]23CCCN2C[C@H](F)C3)nc2c(F)c(-c3ccc(F)c4sc(N)c(C#N)c34)c(C(F)(F)F)cc12. The molecule has 232 valence electrons. The molecule has 0 saturated carbocycles. The van der Waals surface area contributed by atoms with Crippen molar-refractivity contribution < 1.29 is 35.5 Å². The molecular formula is C29H25F7N6OS. The molecule has 0 bridgehead atoms. The molecule has 2 saturated heterocycles. The first-order valence-corrected chi connectivity index (χ1v) is 14.5. The molecule has 0 radical (unpaired) electrons. The van der Waals surface area contributed by atoms with Crippen LogP contribution >= 0.6 is 11.3 Å². The van der Waals surface area contributed by atoms with E-state index in [1.807, 2.05) is 4.90 Å². The van der Waals surface area contributed by atoms with Crippen molar-refractivity contribution in [2.45, 2.75) is 37.1 Å². The van der Waals surface area contributed by atoms with Crippen LogP contribution < -0.4 is 15.4 Å². The third-order valence-electron chi connectivity index (χ3n) is 8.41. The van der Waals surface area contributed by atoms with Crippen LogP contribution in [-0.2, 0) is 6.18 Å². The Morgan fingerprint density at radius 3 is 2.75 bits per heavy atom. The fraction of sp³-hybridized carbons (Fsp3) is 0.414. The second kappa shape index (κ2) is 10.9. The van der Waals surface area contributed by atoms with E-state index in [-0.39, 0.29) is 64.0 Å². The number of halogens is 7. The second-order valence-corrected chi connectivity index (χ2v) is 12.1. The highest BCUT2D eigenvalue weighted by Crippen LogP contribution is 2.48. The van der Waals surface area contributed by atoms with E-state index >= 15 is 4.39 Å². The van der Waals surface area contributed by atoms with Gasteiger partial charge in [-0.25, -0.2) is 17.6 Å². The molecule has 2 aromatic carbocycles. The highest BCUT2D eigenvalue weighted by Gasteiger charge is 2.49. The number of rotatable bonds is 7. The number of alkyl halides is 5. The summed E-state index contributed by atoms with van der Waals surface area (Å²) < 4.78 is 109. The van der Waals surface area contributed by atoms with Crippen molar-refractivity contribution in [3.05, 3.63) is 41.0 Å². The summed E-state index contributed by atoms with van der Waals surface area (Å²) in [6.07, 6.45) is -4.49. The van der Waals surface area contributed by atoms with Crippen LogP contribution in [0, 0.1) is 23.0 Å². The molecule has 4 aromatic rings. The quantitative estimate of drug-likeness (QED) is 0.228. The average Bonchev–Trinajstić information content (AvgIpc) is 3.61. The van der Waals surface area contributed by atoms with Gasteiger partial charge < -0.3 is 15.4 Å². The van der Waals surface area contributed by atoms with Crippen LogP contribution in [0.2, 0.25) is 0 Å². The van der Waals surface area contributed by atoms with E-state index < -0.39 is 58.4 Å². The lowest BCUT2D eigenvalue weighted by molar-refractivity contribution is -0.137. The summed E-state index contributed by atoms with van der Waals surface area (Å²) in [6.45, 7) is -0.289. The summed E-state index contributed by atoms with van der Waals surface area (Å²) in [6, 6.07) is 3.88. The monoisotopic (exact) mass is 638 g/mol. The third-order valence-corrected chi connectivity index (χ3v) is 9.43. The molecule has 2 fully saturated rings. The molecule has 2 N–H and O–H groups in total. The molecule has 0 spiro atoms. The Bertz CT molecular complexity index is 1820. The van der Waals surface area contributed by atoms with E-state index in [2.05, 4.69) is 9.97 Å². The summed E-state index contributed by atoms with van der Waals surface area (Å²) >= 11 is 0.660.